The molecular weight excluding hydrogens is 354 g/mol. The molecule has 1 aliphatic heterocycles. The summed E-state index contributed by atoms with van der Waals surface area (Å²) in [5, 5.41) is 2.21. The van der Waals surface area contributed by atoms with E-state index in [1.54, 1.807) is 4.90 Å². The van der Waals surface area contributed by atoms with Crippen LogP contribution < -0.4 is 5.32 Å². The summed E-state index contributed by atoms with van der Waals surface area (Å²) in [6.07, 6.45) is 1.34. The first kappa shape index (κ1) is 18.9. The van der Waals surface area contributed by atoms with Gasteiger partial charge in [0.25, 0.3) is 11.8 Å². The number of nitrogens with zero attached hydrogens (tertiary/aromatic N) is 3. The van der Waals surface area contributed by atoms with Crippen molar-refractivity contribution in [3.63, 3.8) is 0 Å². The van der Waals surface area contributed by atoms with Gasteiger partial charge in [0.1, 0.15) is 23.0 Å². The number of carbonyl (C=O) groups excluding carboxylic acids is 2. The molecule has 3 rings (SSSR count). The number of halogens is 2. The standard InChI is InChI=1S/C19H20F2N4O2/c1-2-24-8-10-25(11-9-24)19(27)16-12-13(6-7-22-16)18(26)23-17-14(20)4-3-5-15(17)21/h3-7,12H,2,8-11H2,1H3,(H,23,26). The molecule has 1 aliphatic rings. The van der Waals surface area contributed by atoms with Gasteiger partial charge in [-0.05, 0) is 30.8 Å². The Kier molecular flexibility index (Phi) is 5.75. The summed E-state index contributed by atoms with van der Waals surface area (Å²) in [6.45, 7) is 5.75. The number of pyridine rings is 1. The second-order valence-corrected chi connectivity index (χ2v) is 6.21. The lowest BCUT2D eigenvalue weighted by Gasteiger charge is -2.33. The lowest BCUT2D eigenvalue weighted by atomic mass is 10.2. The van der Waals surface area contributed by atoms with E-state index in [0.29, 0.717) is 13.1 Å². The number of benzene rings is 1. The first-order valence-electron chi connectivity index (χ1n) is 8.72. The highest BCUT2D eigenvalue weighted by Crippen LogP contribution is 2.19. The molecule has 2 aromatic rings. The summed E-state index contributed by atoms with van der Waals surface area (Å²) in [4.78, 5) is 32.9. The van der Waals surface area contributed by atoms with E-state index in [4.69, 9.17) is 0 Å². The Morgan fingerprint density at radius 1 is 1.11 bits per heavy atom. The molecule has 8 heteroatoms. The molecule has 1 saturated heterocycles. The van der Waals surface area contributed by atoms with Crippen LogP contribution in [0.1, 0.15) is 27.8 Å². The summed E-state index contributed by atoms with van der Waals surface area (Å²) >= 11 is 0. The average Bonchev–Trinajstić information content (AvgIpc) is 2.70. The topological polar surface area (TPSA) is 65.5 Å². The van der Waals surface area contributed by atoms with Gasteiger partial charge in [-0.2, -0.15) is 0 Å². The Bertz CT molecular complexity index is 831. The van der Waals surface area contributed by atoms with Crippen LogP contribution in [0.3, 0.4) is 0 Å². The number of hydrogen-bond donors (Lipinski definition) is 1. The minimum atomic E-state index is -0.873. The monoisotopic (exact) mass is 374 g/mol. The number of para-hydroxylation sites is 1. The number of anilines is 1. The van der Waals surface area contributed by atoms with Crippen molar-refractivity contribution in [3.05, 3.63) is 59.4 Å². The maximum atomic E-state index is 13.7. The Balaban J connectivity index is 1.73. The van der Waals surface area contributed by atoms with Crippen molar-refractivity contribution in [2.75, 3.05) is 38.0 Å². The fourth-order valence-electron chi connectivity index (χ4n) is 2.92. The van der Waals surface area contributed by atoms with Crippen LogP contribution in [-0.4, -0.2) is 59.3 Å². The van der Waals surface area contributed by atoms with Crippen LogP contribution >= 0.6 is 0 Å². The molecular formula is C19H20F2N4O2. The minimum absolute atomic E-state index is 0.100. The van der Waals surface area contributed by atoms with E-state index >= 15 is 0 Å². The van der Waals surface area contributed by atoms with E-state index in [1.165, 1.54) is 24.4 Å². The number of piperazine rings is 1. The van der Waals surface area contributed by atoms with Gasteiger partial charge in [0, 0.05) is 37.9 Å². The molecule has 0 atom stereocenters. The summed E-state index contributed by atoms with van der Waals surface area (Å²) in [6, 6.07) is 6.04. The first-order chi connectivity index (χ1) is 13.0. The number of amides is 2. The van der Waals surface area contributed by atoms with Gasteiger partial charge < -0.3 is 15.1 Å². The second kappa shape index (κ2) is 8.22. The minimum Gasteiger partial charge on any atom is -0.335 e. The van der Waals surface area contributed by atoms with Gasteiger partial charge >= 0.3 is 0 Å². The van der Waals surface area contributed by atoms with Gasteiger partial charge in [-0.1, -0.05) is 13.0 Å². The van der Waals surface area contributed by atoms with Crippen molar-refractivity contribution in [1.29, 1.82) is 0 Å². The smallest absolute Gasteiger partial charge is 0.272 e. The molecule has 0 aliphatic carbocycles. The third-order valence-corrected chi connectivity index (χ3v) is 4.55. The predicted molar refractivity (Wildman–Crippen MR) is 96.6 cm³/mol. The van der Waals surface area contributed by atoms with E-state index in [0.717, 1.165) is 31.8 Å². The van der Waals surface area contributed by atoms with E-state index in [2.05, 4.69) is 22.1 Å². The SMILES string of the molecule is CCN1CCN(C(=O)c2cc(C(=O)Nc3c(F)cccc3F)ccn2)CC1. The molecule has 0 saturated carbocycles. The highest BCUT2D eigenvalue weighted by molar-refractivity contribution is 6.05. The van der Waals surface area contributed by atoms with Crippen molar-refractivity contribution >= 4 is 17.5 Å². The number of likely N-dealkylation sites (N-methyl/N-ethyl adjacent to an activating group) is 1. The highest BCUT2D eigenvalue weighted by Gasteiger charge is 2.23. The maximum Gasteiger partial charge on any atom is 0.272 e. The molecule has 0 unspecified atom stereocenters. The van der Waals surface area contributed by atoms with Crippen LogP contribution in [-0.2, 0) is 0 Å². The average molecular weight is 374 g/mol. The third-order valence-electron chi connectivity index (χ3n) is 4.55. The maximum absolute atomic E-state index is 13.7. The molecule has 2 amide bonds. The van der Waals surface area contributed by atoms with Crippen LogP contribution in [0.4, 0.5) is 14.5 Å². The van der Waals surface area contributed by atoms with Gasteiger partial charge in [0.05, 0.1) is 0 Å². The van der Waals surface area contributed by atoms with Gasteiger partial charge in [-0.15, -0.1) is 0 Å². The highest BCUT2D eigenvalue weighted by atomic mass is 19.1. The number of aromatic nitrogens is 1. The summed E-state index contributed by atoms with van der Waals surface area (Å²) < 4.78 is 27.4. The molecule has 1 aromatic carbocycles. The molecule has 2 heterocycles. The zero-order valence-electron chi connectivity index (χ0n) is 14.9. The third kappa shape index (κ3) is 4.28. The molecule has 142 valence electrons. The van der Waals surface area contributed by atoms with Gasteiger partial charge in [0.2, 0.25) is 0 Å². The lowest BCUT2D eigenvalue weighted by molar-refractivity contribution is 0.0637. The molecule has 0 bridgehead atoms. The zero-order chi connectivity index (χ0) is 19.4. The van der Waals surface area contributed by atoms with Crippen molar-refractivity contribution in [3.8, 4) is 0 Å². The second-order valence-electron chi connectivity index (χ2n) is 6.21. The number of carbonyl (C=O) groups is 2. The molecule has 1 fully saturated rings. The Morgan fingerprint density at radius 2 is 1.78 bits per heavy atom. The largest absolute Gasteiger partial charge is 0.335 e. The van der Waals surface area contributed by atoms with E-state index in [1.807, 2.05) is 0 Å². The van der Waals surface area contributed by atoms with Crippen molar-refractivity contribution in [1.82, 2.24) is 14.8 Å². The Hall–Kier alpha value is -2.87. The predicted octanol–water partition coefficient (Wildman–Crippen LogP) is 2.39. The molecule has 1 N–H and O–H groups in total. The summed E-state index contributed by atoms with van der Waals surface area (Å²) in [7, 11) is 0. The summed E-state index contributed by atoms with van der Waals surface area (Å²) in [5.41, 5.74) is -0.298. The van der Waals surface area contributed by atoms with Crippen molar-refractivity contribution in [2.45, 2.75) is 6.92 Å². The van der Waals surface area contributed by atoms with Crippen LogP contribution in [0, 0.1) is 11.6 Å². The fraction of sp³-hybridized carbons (Fsp3) is 0.316. The number of hydrogen-bond acceptors (Lipinski definition) is 4. The fourth-order valence-corrected chi connectivity index (χ4v) is 2.92. The van der Waals surface area contributed by atoms with Crippen molar-refractivity contribution in [2.24, 2.45) is 0 Å². The molecule has 0 spiro atoms. The number of nitrogens with one attached hydrogen (secondary N) is 1. The molecule has 6 nitrogen and oxygen atoms in total. The van der Waals surface area contributed by atoms with Crippen molar-refractivity contribution < 1.29 is 18.4 Å². The van der Waals surface area contributed by atoms with E-state index in [-0.39, 0.29) is 17.2 Å². The zero-order valence-corrected chi connectivity index (χ0v) is 14.9. The van der Waals surface area contributed by atoms with Crippen LogP contribution in [0.2, 0.25) is 0 Å². The Morgan fingerprint density at radius 3 is 2.41 bits per heavy atom. The van der Waals surface area contributed by atoms with Gasteiger partial charge in [-0.25, -0.2) is 8.78 Å². The lowest BCUT2D eigenvalue weighted by Crippen LogP contribution is -2.48. The van der Waals surface area contributed by atoms with Crippen LogP contribution in [0.5, 0.6) is 0 Å². The Labute approximate surface area is 155 Å². The molecule has 27 heavy (non-hydrogen) atoms. The van der Waals surface area contributed by atoms with Crippen LogP contribution in [0.25, 0.3) is 0 Å². The van der Waals surface area contributed by atoms with Crippen LogP contribution in [0.15, 0.2) is 36.5 Å². The normalized spacial score (nSPS) is 14.9. The first-order valence-corrected chi connectivity index (χ1v) is 8.72. The quantitative estimate of drug-likeness (QED) is 0.893. The molecule has 0 radical (unpaired) electrons. The van der Waals surface area contributed by atoms with Gasteiger partial charge in [0.15, 0.2) is 0 Å². The van der Waals surface area contributed by atoms with E-state index < -0.39 is 23.2 Å². The summed E-state index contributed by atoms with van der Waals surface area (Å²) in [5.74, 6) is -2.73. The van der Waals surface area contributed by atoms with Gasteiger partial charge in [-0.3, -0.25) is 14.6 Å². The number of rotatable bonds is 4. The van der Waals surface area contributed by atoms with E-state index in [9.17, 15) is 18.4 Å². The molecule has 1 aromatic heterocycles.